The topological polar surface area (TPSA) is 55.4 Å². The van der Waals surface area contributed by atoms with Crippen molar-refractivity contribution in [1.82, 2.24) is 0 Å². The third kappa shape index (κ3) is 12.1. The zero-order chi connectivity index (χ0) is 43.5. The van der Waals surface area contributed by atoms with Crippen LogP contribution < -0.4 is 28.4 Å². The van der Waals surface area contributed by atoms with E-state index in [0.717, 1.165) is 155 Å². The van der Waals surface area contributed by atoms with Crippen LogP contribution in [0.25, 0.3) is 32.3 Å². The first-order valence-electron chi connectivity index (χ1n) is 24.0. The Morgan fingerprint density at radius 3 is 0.887 bits per heavy atom. The molecule has 0 aliphatic carbocycles. The van der Waals surface area contributed by atoms with E-state index in [1.807, 2.05) is 0 Å². The van der Waals surface area contributed by atoms with E-state index in [1.165, 1.54) is 10.8 Å². The van der Waals surface area contributed by atoms with Crippen LogP contribution in [-0.4, -0.2) is 39.6 Å². The van der Waals surface area contributed by atoms with Crippen LogP contribution in [0.4, 0.5) is 0 Å². The number of unbranched alkanes of at least 4 members (excludes halogenated alkanes) is 6. The molecule has 0 amide bonds. The zero-order valence-electron chi connectivity index (χ0n) is 38.7. The van der Waals surface area contributed by atoms with Crippen molar-refractivity contribution in [2.24, 2.45) is 0 Å². The molecular formula is C56H72O6. The highest BCUT2D eigenvalue weighted by atomic mass is 16.5. The standard InChI is InChI=1S/C56H72O6/c1-7-13-31-57-43-21-23-45-41(37-43)19-27-53(59-33-15-9-3)49(45)39-51-47-25-30-56(62-36-18-12-6)52(48(47)26-29-55(51)61-35-17-11-5)40-50-46-24-22-44(58-32-14-8-2)38-42(46)20-28-54(50)60-34-16-10-4/h19-30,37-38H,7-18,31-36,39-40H2,1-6H3. The van der Waals surface area contributed by atoms with Crippen LogP contribution in [0.5, 0.6) is 34.5 Å². The predicted molar refractivity (Wildman–Crippen MR) is 260 cm³/mol. The molecule has 0 unspecified atom stereocenters. The third-order valence-corrected chi connectivity index (χ3v) is 11.7. The maximum atomic E-state index is 6.70. The summed E-state index contributed by atoms with van der Waals surface area (Å²) in [7, 11) is 0. The van der Waals surface area contributed by atoms with E-state index in [9.17, 15) is 0 Å². The van der Waals surface area contributed by atoms with Crippen molar-refractivity contribution in [2.45, 2.75) is 131 Å². The number of ether oxygens (including phenoxy) is 6. The van der Waals surface area contributed by atoms with Crippen molar-refractivity contribution in [3.05, 3.63) is 107 Å². The molecular weight excluding hydrogens is 769 g/mol. The minimum Gasteiger partial charge on any atom is -0.494 e. The van der Waals surface area contributed by atoms with E-state index >= 15 is 0 Å². The van der Waals surface area contributed by atoms with E-state index in [-0.39, 0.29) is 0 Å². The molecule has 0 aromatic heterocycles. The maximum Gasteiger partial charge on any atom is 0.123 e. The first kappa shape index (κ1) is 46.4. The number of benzene rings is 6. The second-order valence-electron chi connectivity index (χ2n) is 16.6. The van der Waals surface area contributed by atoms with Crippen LogP contribution in [-0.2, 0) is 12.8 Å². The van der Waals surface area contributed by atoms with Crippen LogP contribution in [0.3, 0.4) is 0 Å². The average molecular weight is 841 g/mol. The number of hydrogen-bond acceptors (Lipinski definition) is 6. The van der Waals surface area contributed by atoms with Gasteiger partial charge in [0.25, 0.3) is 0 Å². The highest BCUT2D eigenvalue weighted by Crippen LogP contribution is 2.42. The van der Waals surface area contributed by atoms with Crippen molar-refractivity contribution < 1.29 is 28.4 Å². The van der Waals surface area contributed by atoms with E-state index in [2.05, 4.69) is 126 Å². The number of fused-ring (bicyclic) bond motifs is 3. The Morgan fingerprint density at radius 1 is 0.290 bits per heavy atom. The van der Waals surface area contributed by atoms with Gasteiger partial charge in [0.1, 0.15) is 34.5 Å². The SMILES string of the molecule is CCCCOc1ccc2c(Cc3c(OCCCC)ccc4c(Cc5c(OCCCC)ccc6cc(OCCCC)ccc56)c(OCCCC)ccc34)c(OCCCC)ccc2c1. The Balaban J connectivity index is 1.53. The Bertz CT molecular complexity index is 2150. The minimum absolute atomic E-state index is 0.642. The summed E-state index contributed by atoms with van der Waals surface area (Å²) in [5, 5.41) is 6.94. The molecule has 0 aliphatic rings. The summed E-state index contributed by atoms with van der Waals surface area (Å²) in [5.74, 6) is 5.47. The normalized spacial score (nSPS) is 11.4. The summed E-state index contributed by atoms with van der Waals surface area (Å²) in [6.07, 6.45) is 13.8. The number of rotatable bonds is 28. The van der Waals surface area contributed by atoms with Gasteiger partial charge in [-0.1, -0.05) is 116 Å². The summed E-state index contributed by atoms with van der Waals surface area (Å²) >= 11 is 0. The average Bonchev–Trinajstić information content (AvgIpc) is 3.29. The molecule has 0 N–H and O–H groups in total. The first-order valence-corrected chi connectivity index (χ1v) is 24.0. The molecule has 0 radical (unpaired) electrons. The third-order valence-electron chi connectivity index (χ3n) is 11.7. The quantitative estimate of drug-likeness (QED) is 0.0459. The molecule has 0 saturated heterocycles. The van der Waals surface area contributed by atoms with Crippen LogP contribution >= 0.6 is 0 Å². The highest BCUT2D eigenvalue weighted by molar-refractivity contribution is 5.96. The predicted octanol–water partition coefficient (Wildman–Crippen LogP) is 15.4. The van der Waals surface area contributed by atoms with Crippen LogP contribution in [0.15, 0.2) is 84.9 Å². The molecule has 0 saturated carbocycles. The summed E-state index contributed by atoms with van der Waals surface area (Å²) in [6, 6.07) is 30.6. The lowest BCUT2D eigenvalue weighted by Crippen LogP contribution is -2.07. The Kier molecular flexibility index (Phi) is 18.3. The fourth-order valence-electron chi connectivity index (χ4n) is 7.97. The Morgan fingerprint density at radius 2 is 0.565 bits per heavy atom. The van der Waals surface area contributed by atoms with E-state index < -0.39 is 0 Å². The molecule has 332 valence electrons. The van der Waals surface area contributed by atoms with Gasteiger partial charge in [0.05, 0.1) is 39.6 Å². The van der Waals surface area contributed by atoms with Crippen molar-refractivity contribution >= 4 is 32.3 Å². The molecule has 0 spiro atoms. The van der Waals surface area contributed by atoms with Crippen LogP contribution in [0, 0.1) is 0 Å². The minimum atomic E-state index is 0.642. The molecule has 0 fully saturated rings. The van der Waals surface area contributed by atoms with E-state index in [4.69, 9.17) is 28.4 Å². The molecule has 0 bridgehead atoms. The fourth-order valence-corrected chi connectivity index (χ4v) is 7.97. The van der Waals surface area contributed by atoms with Crippen LogP contribution in [0.2, 0.25) is 0 Å². The molecule has 6 aromatic rings. The van der Waals surface area contributed by atoms with Gasteiger partial charge in [-0.2, -0.15) is 0 Å². The lowest BCUT2D eigenvalue weighted by molar-refractivity contribution is 0.303. The Hall–Kier alpha value is -5.10. The van der Waals surface area contributed by atoms with Crippen molar-refractivity contribution in [3.8, 4) is 34.5 Å². The molecule has 6 aromatic carbocycles. The second-order valence-corrected chi connectivity index (χ2v) is 16.6. The summed E-state index contributed by atoms with van der Waals surface area (Å²) < 4.78 is 39.0. The molecule has 0 heterocycles. The molecule has 6 heteroatoms. The summed E-state index contributed by atoms with van der Waals surface area (Å²) in [6.45, 7) is 17.3. The van der Waals surface area contributed by atoms with Gasteiger partial charge >= 0.3 is 0 Å². The fraction of sp³-hybridized carbons (Fsp3) is 0.464. The molecule has 0 atom stereocenters. The Labute approximate surface area is 372 Å². The van der Waals surface area contributed by atoms with Gasteiger partial charge in [0.2, 0.25) is 0 Å². The van der Waals surface area contributed by atoms with Crippen LogP contribution in [0.1, 0.15) is 141 Å². The summed E-state index contributed by atoms with van der Waals surface area (Å²) in [4.78, 5) is 0. The zero-order valence-corrected chi connectivity index (χ0v) is 38.7. The smallest absolute Gasteiger partial charge is 0.123 e. The van der Waals surface area contributed by atoms with E-state index in [0.29, 0.717) is 52.5 Å². The molecule has 62 heavy (non-hydrogen) atoms. The van der Waals surface area contributed by atoms with Gasteiger partial charge in [-0.15, -0.1) is 0 Å². The van der Waals surface area contributed by atoms with Crippen molar-refractivity contribution in [2.75, 3.05) is 39.6 Å². The van der Waals surface area contributed by atoms with Gasteiger partial charge in [0.15, 0.2) is 0 Å². The maximum absolute atomic E-state index is 6.70. The lowest BCUT2D eigenvalue weighted by atomic mass is 9.89. The van der Waals surface area contributed by atoms with Gasteiger partial charge in [-0.3, -0.25) is 0 Å². The van der Waals surface area contributed by atoms with Gasteiger partial charge in [0, 0.05) is 35.1 Å². The summed E-state index contributed by atoms with van der Waals surface area (Å²) in [5.41, 5.74) is 4.63. The second kappa shape index (κ2) is 24.5. The molecule has 6 rings (SSSR count). The highest BCUT2D eigenvalue weighted by Gasteiger charge is 2.22. The number of hydrogen-bond donors (Lipinski definition) is 0. The molecule has 0 aliphatic heterocycles. The monoisotopic (exact) mass is 841 g/mol. The van der Waals surface area contributed by atoms with Gasteiger partial charge in [-0.25, -0.2) is 0 Å². The van der Waals surface area contributed by atoms with Gasteiger partial charge < -0.3 is 28.4 Å². The first-order chi connectivity index (χ1) is 30.5. The molecule has 6 nitrogen and oxygen atoms in total. The van der Waals surface area contributed by atoms with Crippen molar-refractivity contribution in [3.63, 3.8) is 0 Å². The van der Waals surface area contributed by atoms with Crippen molar-refractivity contribution in [1.29, 1.82) is 0 Å². The van der Waals surface area contributed by atoms with Gasteiger partial charge in [-0.05, 0) is 119 Å². The lowest BCUT2D eigenvalue weighted by Gasteiger charge is -2.22. The largest absolute Gasteiger partial charge is 0.494 e. The van der Waals surface area contributed by atoms with E-state index in [1.54, 1.807) is 0 Å².